The molecule has 0 rings (SSSR count). The minimum absolute atomic E-state index is 0.426. The van der Waals surface area contributed by atoms with Crippen LogP contribution in [0.3, 0.4) is 0 Å². The monoisotopic (exact) mass is 212 g/mol. The van der Waals surface area contributed by atoms with Gasteiger partial charge in [0.2, 0.25) is 0 Å². The van der Waals surface area contributed by atoms with Gasteiger partial charge in [0, 0.05) is 7.11 Å². The van der Waals surface area contributed by atoms with Crippen molar-refractivity contribution >= 4 is 0 Å². The van der Waals surface area contributed by atoms with Crippen LogP contribution in [0.5, 0.6) is 0 Å². The molecular formula is C14H28O. The molecule has 0 amide bonds. The third-order valence-corrected chi connectivity index (χ3v) is 2.88. The van der Waals surface area contributed by atoms with E-state index in [4.69, 9.17) is 4.74 Å². The second-order valence-corrected chi connectivity index (χ2v) is 4.48. The molecule has 90 valence electrons. The fourth-order valence-electron chi connectivity index (χ4n) is 1.60. The summed E-state index contributed by atoms with van der Waals surface area (Å²) >= 11 is 0. The van der Waals surface area contributed by atoms with Crippen LogP contribution >= 0.6 is 0 Å². The van der Waals surface area contributed by atoms with Crippen molar-refractivity contribution in [1.29, 1.82) is 0 Å². The molecule has 0 saturated carbocycles. The Morgan fingerprint density at radius 1 is 1.27 bits per heavy atom. The van der Waals surface area contributed by atoms with Crippen LogP contribution in [-0.4, -0.2) is 13.2 Å². The van der Waals surface area contributed by atoms with E-state index in [0.29, 0.717) is 6.10 Å². The lowest BCUT2D eigenvalue weighted by atomic mass is 10.1. The van der Waals surface area contributed by atoms with Crippen LogP contribution in [0.25, 0.3) is 0 Å². The molecule has 0 aliphatic rings. The molecule has 1 nitrogen and oxygen atoms in total. The maximum absolute atomic E-state index is 5.22. The molecule has 1 heteroatoms. The summed E-state index contributed by atoms with van der Waals surface area (Å²) in [6, 6.07) is 0. The quantitative estimate of drug-likeness (QED) is 0.397. The predicted octanol–water partition coefficient (Wildman–Crippen LogP) is 4.72. The summed E-state index contributed by atoms with van der Waals surface area (Å²) in [5.74, 6) is 0. The minimum atomic E-state index is 0.426. The van der Waals surface area contributed by atoms with Crippen molar-refractivity contribution in [2.45, 2.75) is 71.8 Å². The van der Waals surface area contributed by atoms with E-state index < -0.39 is 0 Å². The summed E-state index contributed by atoms with van der Waals surface area (Å²) in [5.41, 5.74) is 1.57. The van der Waals surface area contributed by atoms with Gasteiger partial charge in [0.05, 0.1) is 6.10 Å². The van der Waals surface area contributed by atoms with Crippen LogP contribution < -0.4 is 0 Å². The van der Waals surface area contributed by atoms with Crippen molar-refractivity contribution in [3.63, 3.8) is 0 Å². The first-order chi connectivity index (χ1) is 7.20. The normalized spacial score (nSPS) is 14.3. The highest BCUT2D eigenvalue weighted by molar-refractivity contribution is 4.97. The second-order valence-electron chi connectivity index (χ2n) is 4.48. The first-order valence-corrected chi connectivity index (χ1v) is 6.39. The Labute approximate surface area is 95.9 Å². The molecule has 0 aliphatic heterocycles. The number of ether oxygens (including phenoxy) is 1. The number of hydrogen-bond donors (Lipinski definition) is 0. The molecule has 0 aromatic heterocycles. The molecule has 1 atom stereocenters. The summed E-state index contributed by atoms with van der Waals surface area (Å²) in [4.78, 5) is 0. The number of rotatable bonds is 9. The number of methoxy groups -OCH3 is 1. The van der Waals surface area contributed by atoms with Crippen molar-refractivity contribution in [3.8, 4) is 0 Å². The molecule has 0 radical (unpaired) electrons. The predicted molar refractivity (Wildman–Crippen MR) is 68.2 cm³/mol. The third kappa shape index (κ3) is 9.99. The molecule has 0 aromatic rings. The van der Waals surface area contributed by atoms with E-state index in [0.717, 1.165) is 0 Å². The van der Waals surface area contributed by atoms with Crippen LogP contribution in [0, 0.1) is 0 Å². The van der Waals surface area contributed by atoms with Crippen LogP contribution in [0.2, 0.25) is 0 Å². The number of hydrogen-bond acceptors (Lipinski definition) is 1. The van der Waals surface area contributed by atoms with Crippen molar-refractivity contribution in [2.75, 3.05) is 7.11 Å². The Morgan fingerprint density at radius 2 is 2.00 bits per heavy atom. The molecule has 0 aromatic carbocycles. The van der Waals surface area contributed by atoms with Crippen molar-refractivity contribution in [3.05, 3.63) is 11.6 Å². The van der Waals surface area contributed by atoms with Crippen LogP contribution in [0.15, 0.2) is 11.6 Å². The van der Waals surface area contributed by atoms with Gasteiger partial charge < -0.3 is 4.74 Å². The summed E-state index contributed by atoms with van der Waals surface area (Å²) in [6.07, 6.45) is 11.8. The standard InChI is InChI=1S/C14H28O/c1-5-6-10-13(2)11-8-7-9-12-14(3)15-4/h11,14H,5-10,12H2,1-4H3. The Bertz CT molecular complexity index is 161. The Balaban J connectivity index is 3.35. The highest BCUT2D eigenvalue weighted by Crippen LogP contribution is 2.10. The van der Waals surface area contributed by atoms with E-state index in [2.05, 4.69) is 26.8 Å². The van der Waals surface area contributed by atoms with Crippen molar-refractivity contribution in [2.24, 2.45) is 0 Å². The zero-order valence-corrected chi connectivity index (χ0v) is 11.0. The lowest BCUT2D eigenvalue weighted by Gasteiger charge is -2.07. The molecule has 0 saturated heterocycles. The minimum Gasteiger partial charge on any atom is -0.382 e. The molecule has 0 N–H and O–H groups in total. The van der Waals surface area contributed by atoms with E-state index in [1.165, 1.54) is 44.9 Å². The maximum Gasteiger partial charge on any atom is 0.0543 e. The van der Waals surface area contributed by atoms with Crippen LogP contribution in [0.4, 0.5) is 0 Å². The summed E-state index contributed by atoms with van der Waals surface area (Å²) < 4.78 is 5.22. The molecule has 0 spiro atoms. The first-order valence-electron chi connectivity index (χ1n) is 6.39. The third-order valence-electron chi connectivity index (χ3n) is 2.88. The summed E-state index contributed by atoms with van der Waals surface area (Å²) in [6.45, 7) is 6.65. The van der Waals surface area contributed by atoms with Crippen molar-refractivity contribution < 1.29 is 4.74 Å². The van der Waals surface area contributed by atoms with Gasteiger partial charge in [0.15, 0.2) is 0 Å². The fraction of sp³-hybridized carbons (Fsp3) is 0.857. The highest BCUT2D eigenvalue weighted by Gasteiger charge is 1.97. The van der Waals surface area contributed by atoms with Gasteiger partial charge in [-0.2, -0.15) is 0 Å². The Kier molecular flexibility index (Phi) is 10.0. The molecule has 0 heterocycles. The number of allylic oxidation sites excluding steroid dienone is 2. The maximum atomic E-state index is 5.22. The topological polar surface area (TPSA) is 9.23 Å². The number of unbranched alkanes of at least 4 members (excludes halogenated alkanes) is 3. The van der Waals surface area contributed by atoms with E-state index in [1.54, 1.807) is 12.7 Å². The molecule has 0 bridgehead atoms. The SMILES string of the molecule is CCCCC(C)=CCCCCC(C)OC. The van der Waals surface area contributed by atoms with E-state index in [9.17, 15) is 0 Å². The Hall–Kier alpha value is -0.300. The summed E-state index contributed by atoms with van der Waals surface area (Å²) in [5, 5.41) is 0. The first kappa shape index (κ1) is 14.7. The zero-order valence-electron chi connectivity index (χ0n) is 11.0. The molecule has 15 heavy (non-hydrogen) atoms. The van der Waals surface area contributed by atoms with Gasteiger partial charge in [-0.15, -0.1) is 0 Å². The van der Waals surface area contributed by atoms with E-state index in [-0.39, 0.29) is 0 Å². The van der Waals surface area contributed by atoms with E-state index in [1.807, 2.05) is 0 Å². The Morgan fingerprint density at radius 3 is 2.60 bits per heavy atom. The average Bonchev–Trinajstić information content (AvgIpc) is 2.25. The van der Waals surface area contributed by atoms with Gasteiger partial charge in [0.1, 0.15) is 0 Å². The van der Waals surface area contributed by atoms with Gasteiger partial charge in [-0.1, -0.05) is 31.4 Å². The largest absolute Gasteiger partial charge is 0.382 e. The lowest BCUT2D eigenvalue weighted by Crippen LogP contribution is -2.03. The van der Waals surface area contributed by atoms with Gasteiger partial charge >= 0.3 is 0 Å². The van der Waals surface area contributed by atoms with Crippen LogP contribution in [-0.2, 0) is 4.74 Å². The van der Waals surface area contributed by atoms with Gasteiger partial charge in [0.25, 0.3) is 0 Å². The molecule has 0 aliphatic carbocycles. The highest BCUT2D eigenvalue weighted by atomic mass is 16.5. The van der Waals surface area contributed by atoms with Crippen LogP contribution in [0.1, 0.15) is 65.7 Å². The van der Waals surface area contributed by atoms with Crippen molar-refractivity contribution in [1.82, 2.24) is 0 Å². The van der Waals surface area contributed by atoms with Gasteiger partial charge in [-0.05, 0) is 46.0 Å². The zero-order chi connectivity index (χ0) is 11.5. The fourth-order valence-corrected chi connectivity index (χ4v) is 1.60. The smallest absolute Gasteiger partial charge is 0.0543 e. The van der Waals surface area contributed by atoms with E-state index >= 15 is 0 Å². The molecule has 1 unspecified atom stereocenters. The average molecular weight is 212 g/mol. The van der Waals surface area contributed by atoms with Gasteiger partial charge in [-0.3, -0.25) is 0 Å². The molecule has 0 fully saturated rings. The second kappa shape index (κ2) is 10.2. The molecular weight excluding hydrogens is 184 g/mol. The summed E-state index contributed by atoms with van der Waals surface area (Å²) in [7, 11) is 1.79. The van der Waals surface area contributed by atoms with Gasteiger partial charge in [-0.25, -0.2) is 0 Å². The lowest BCUT2D eigenvalue weighted by molar-refractivity contribution is 0.108.